The van der Waals surface area contributed by atoms with Gasteiger partial charge in [-0.25, -0.2) is 13.4 Å². The maximum absolute atomic E-state index is 12.5. The first-order valence-corrected chi connectivity index (χ1v) is 11.7. The molecule has 4 rings (SSSR count). The minimum atomic E-state index is -3.48. The lowest BCUT2D eigenvalue weighted by molar-refractivity contribution is -0.133. The van der Waals surface area contributed by atoms with E-state index in [0.29, 0.717) is 16.3 Å². The third-order valence-corrected chi connectivity index (χ3v) is 7.19. The van der Waals surface area contributed by atoms with Crippen LogP contribution < -0.4 is 4.74 Å². The molecule has 0 radical (unpaired) electrons. The van der Waals surface area contributed by atoms with Gasteiger partial charge in [-0.05, 0) is 42.3 Å². The van der Waals surface area contributed by atoms with E-state index in [1.165, 1.54) is 23.5 Å². The van der Waals surface area contributed by atoms with Gasteiger partial charge in [-0.15, -0.1) is 11.3 Å². The molecule has 6 nitrogen and oxygen atoms in total. The van der Waals surface area contributed by atoms with Gasteiger partial charge in [0, 0.05) is 23.2 Å². The number of carbonyl (C=O) groups is 1. The van der Waals surface area contributed by atoms with Crippen molar-refractivity contribution in [1.82, 2.24) is 9.97 Å². The first-order chi connectivity index (χ1) is 14.4. The van der Waals surface area contributed by atoms with E-state index in [0.717, 1.165) is 16.5 Å². The van der Waals surface area contributed by atoms with E-state index in [9.17, 15) is 13.2 Å². The number of fused-ring (bicyclic) bond motifs is 1. The molecule has 0 aliphatic carbocycles. The normalized spacial score (nSPS) is 11.5. The van der Waals surface area contributed by atoms with Gasteiger partial charge in [-0.3, -0.25) is 9.78 Å². The number of aryl methyl sites for hydroxylation is 1. The molecule has 0 N–H and O–H groups in total. The average molecular weight is 439 g/mol. The molecule has 8 heteroatoms. The fraction of sp³-hybridized carbons (Fsp3) is 0.136. The second kappa shape index (κ2) is 8.33. The third-order valence-electron chi connectivity index (χ3n) is 4.58. The smallest absolute Gasteiger partial charge is 0.315 e. The van der Waals surface area contributed by atoms with Gasteiger partial charge in [0.2, 0.25) is 0 Å². The van der Waals surface area contributed by atoms with Gasteiger partial charge in [-0.2, -0.15) is 0 Å². The quantitative estimate of drug-likeness (QED) is 0.421. The van der Waals surface area contributed by atoms with Gasteiger partial charge in [0.25, 0.3) is 0 Å². The van der Waals surface area contributed by atoms with Crippen LogP contribution >= 0.6 is 11.3 Å². The molecule has 4 aromatic rings. The summed E-state index contributed by atoms with van der Waals surface area (Å²) in [7, 11) is -3.48. The Morgan fingerprint density at radius 2 is 1.83 bits per heavy atom. The molecule has 0 unspecified atom stereocenters. The van der Waals surface area contributed by atoms with Gasteiger partial charge in [-0.1, -0.05) is 24.3 Å². The largest absolute Gasteiger partial charge is 0.425 e. The van der Waals surface area contributed by atoms with Gasteiger partial charge in [0.05, 0.1) is 16.8 Å². The van der Waals surface area contributed by atoms with Crippen molar-refractivity contribution in [3.8, 4) is 5.75 Å². The van der Waals surface area contributed by atoms with Gasteiger partial charge >= 0.3 is 5.97 Å². The highest BCUT2D eigenvalue weighted by atomic mass is 32.2. The van der Waals surface area contributed by atoms with E-state index >= 15 is 0 Å². The number of benzene rings is 2. The van der Waals surface area contributed by atoms with Crippen LogP contribution in [-0.2, 0) is 26.8 Å². The summed E-state index contributed by atoms with van der Waals surface area (Å²) >= 11 is 1.30. The van der Waals surface area contributed by atoms with Crippen LogP contribution in [-0.4, -0.2) is 24.4 Å². The number of para-hydroxylation sites is 1. The lowest BCUT2D eigenvalue weighted by atomic mass is 10.1. The van der Waals surface area contributed by atoms with E-state index in [4.69, 9.17) is 4.74 Å². The van der Waals surface area contributed by atoms with Crippen molar-refractivity contribution in [3.63, 3.8) is 0 Å². The second-order valence-corrected chi connectivity index (χ2v) is 9.73. The van der Waals surface area contributed by atoms with Crippen LogP contribution in [0.3, 0.4) is 0 Å². The standard InChI is InChI=1S/C22H18N2O4S2/c1-15-3-2-4-18-19(9-10-24-22(15)18)28-21(25)13-16-5-7-17(8-6-16)30(26,27)14-20-23-11-12-29-20/h2-12H,13-14H2,1H3. The Bertz CT molecular complexity index is 1300. The van der Waals surface area contributed by atoms with Crippen molar-refractivity contribution >= 4 is 38.0 Å². The van der Waals surface area contributed by atoms with Crippen LogP contribution in [0.4, 0.5) is 0 Å². The second-order valence-electron chi connectivity index (χ2n) is 6.76. The molecule has 2 aromatic carbocycles. The topological polar surface area (TPSA) is 86.2 Å². The summed E-state index contributed by atoms with van der Waals surface area (Å²) < 4.78 is 30.5. The van der Waals surface area contributed by atoms with Crippen molar-refractivity contribution in [2.45, 2.75) is 24.0 Å². The molecule has 0 bridgehead atoms. The average Bonchev–Trinajstić information content (AvgIpc) is 3.21. The Morgan fingerprint density at radius 3 is 2.57 bits per heavy atom. The number of nitrogens with zero attached hydrogens (tertiary/aromatic N) is 2. The van der Waals surface area contributed by atoms with E-state index in [-0.39, 0.29) is 17.1 Å². The highest BCUT2D eigenvalue weighted by Crippen LogP contribution is 2.26. The van der Waals surface area contributed by atoms with E-state index in [1.807, 2.05) is 25.1 Å². The summed E-state index contributed by atoms with van der Waals surface area (Å²) in [5.74, 6) is -0.112. The Labute approximate surface area is 178 Å². The van der Waals surface area contributed by atoms with Crippen molar-refractivity contribution in [1.29, 1.82) is 0 Å². The molecular weight excluding hydrogens is 420 g/mol. The number of aromatic nitrogens is 2. The highest BCUT2D eigenvalue weighted by Gasteiger charge is 2.17. The summed E-state index contributed by atoms with van der Waals surface area (Å²) in [6.07, 6.45) is 3.22. The Kier molecular flexibility index (Phi) is 5.61. The molecule has 2 heterocycles. The SMILES string of the molecule is Cc1cccc2c(OC(=O)Cc3ccc(S(=O)(=O)Cc4nccs4)cc3)ccnc12. The maximum Gasteiger partial charge on any atom is 0.315 e. The van der Waals surface area contributed by atoms with E-state index in [1.54, 1.807) is 36.0 Å². The first-order valence-electron chi connectivity index (χ1n) is 9.17. The van der Waals surface area contributed by atoms with Crippen LogP contribution in [0.15, 0.2) is 71.2 Å². The minimum absolute atomic E-state index is 0.0302. The zero-order valence-electron chi connectivity index (χ0n) is 16.1. The first kappa shape index (κ1) is 20.2. The lowest BCUT2D eigenvalue weighted by Crippen LogP contribution is -2.12. The Balaban J connectivity index is 1.46. The minimum Gasteiger partial charge on any atom is -0.425 e. The molecule has 0 aliphatic rings. The third kappa shape index (κ3) is 4.39. The number of pyridine rings is 1. The Hall–Kier alpha value is -3.10. The summed E-state index contributed by atoms with van der Waals surface area (Å²) in [5.41, 5.74) is 2.46. The monoisotopic (exact) mass is 438 g/mol. The number of rotatable bonds is 6. The van der Waals surface area contributed by atoms with Crippen molar-refractivity contribution in [2.24, 2.45) is 0 Å². The zero-order valence-corrected chi connectivity index (χ0v) is 17.7. The number of hydrogen-bond acceptors (Lipinski definition) is 7. The van der Waals surface area contributed by atoms with Crippen LogP contribution in [0.5, 0.6) is 5.75 Å². The number of hydrogen-bond donors (Lipinski definition) is 0. The zero-order chi connectivity index (χ0) is 21.1. The summed E-state index contributed by atoms with van der Waals surface area (Å²) in [6.45, 7) is 1.95. The molecule has 0 fully saturated rings. The van der Waals surface area contributed by atoms with Gasteiger partial charge in [0.1, 0.15) is 16.5 Å². The van der Waals surface area contributed by atoms with Crippen molar-refractivity contribution in [2.75, 3.05) is 0 Å². The molecule has 152 valence electrons. The molecular formula is C22H18N2O4S2. The molecule has 0 saturated heterocycles. The lowest BCUT2D eigenvalue weighted by Gasteiger charge is -2.09. The van der Waals surface area contributed by atoms with Crippen molar-refractivity contribution in [3.05, 3.63) is 82.4 Å². The summed E-state index contributed by atoms with van der Waals surface area (Å²) in [6, 6.07) is 13.6. The van der Waals surface area contributed by atoms with Crippen LogP contribution in [0, 0.1) is 6.92 Å². The molecule has 2 aromatic heterocycles. The fourth-order valence-corrected chi connectivity index (χ4v) is 5.35. The van der Waals surface area contributed by atoms with Crippen LogP contribution in [0.1, 0.15) is 16.1 Å². The summed E-state index contributed by atoms with van der Waals surface area (Å²) in [5, 5.41) is 3.06. The predicted octanol–water partition coefficient (Wildman–Crippen LogP) is 4.12. The number of carbonyl (C=O) groups excluding carboxylic acids is 1. The molecule has 0 atom stereocenters. The van der Waals surface area contributed by atoms with Crippen LogP contribution in [0.25, 0.3) is 10.9 Å². The summed E-state index contributed by atoms with van der Waals surface area (Å²) in [4.78, 5) is 21.0. The fourth-order valence-electron chi connectivity index (χ4n) is 3.10. The molecule has 0 aliphatic heterocycles. The van der Waals surface area contributed by atoms with E-state index in [2.05, 4.69) is 9.97 Å². The number of ether oxygens (including phenoxy) is 1. The molecule has 0 spiro atoms. The molecule has 30 heavy (non-hydrogen) atoms. The van der Waals surface area contributed by atoms with Crippen LogP contribution in [0.2, 0.25) is 0 Å². The Morgan fingerprint density at radius 1 is 1.03 bits per heavy atom. The number of sulfone groups is 1. The predicted molar refractivity (Wildman–Crippen MR) is 115 cm³/mol. The highest BCUT2D eigenvalue weighted by molar-refractivity contribution is 7.90. The number of esters is 1. The number of thiazole rings is 1. The van der Waals surface area contributed by atoms with Gasteiger partial charge in [0.15, 0.2) is 9.84 Å². The molecule has 0 saturated carbocycles. The van der Waals surface area contributed by atoms with E-state index < -0.39 is 15.8 Å². The van der Waals surface area contributed by atoms with Crippen molar-refractivity contribution < 1.29 is 17.9 Å². The van der Waals surface area contributed by atoms with Gasteiger partial charge < -0.3 is 4.74 Å². The molecule has 0 amide bonds. The maximum atomic E-state index is 12.5.